The van der Waals surface area contributed by atoms with E-state index in [2.05, 4.69) is 9.97 Å². The highest BCUT2D eigenvalue weighted by atomic mass is 16.3. The van der Waals surface area contributed by atoms with Gasteiger partial charge in [0.15, 0.2) is 0 Å². The molecule has 1 aromatic rings. The molecule has 12 nitrogen and oxygen atoms in total. The average molecular weight is 434 g/mol. The van der Waals surface area contributed by atoms with Gasteiger partial charge in [0.25, 0.3) is 0 Å². The molecule has 0 aliphatic carbocycles. The average Bonchev–Trinajstić information content (AvgIpc) is 2.74. The summed E-state index contributed by atoms with van der Waals surface area (Å²) in [5.41, 5.74) is 1.07. The van der Waals surface area contributed by atoms with Crippen LogP contribution in [0.25, 0.3) is 0 Å². The number of aliphatic hydroxyl groups excluding tert-OH is 8. The number of rotatable bonds is 16. The zero-order chi connectivity index (χ0) is 22.5. The van der Waals surface area contributed by atoms with E-state index in [0.29, 0.717) is 11.4 Å². The number of aromatic nitrogens is 2. The van der Waals surface area contributed by atoms with Crippen LogP contribution in [-0.4, -0.2) is 138 Å². The quantitative estimate of drug-likeness (QED) is 0.124. The largest absolute Gasteiger partial charge is 0.394 e. The zero-order valence-electron chi connectivity index (χ0n) is 16.9. The third-order valence-corrected chi connectivity index (χ3v) is 4.25. The Kier molecular flexibility index (Phi) is 13.0. The van der Waals surface area contributed by atoms with Gasteiger partial charge in [-0.3, -0.25) is 19.8 Å². The first kappa shape index (κ1) is 26.7. The lowest BCUT2D eigenvalue weighted by Crippen LogP contribution is -2.40. The number of aliphatic hydroxyl groups is 8. The molecule has 4 unspecified atom stereocenters. The molecule has 12 heteroatoms. The molecule has 0 aliphatic rings. The first-order chi connectivity index (χ1) is 14.3. The minimum absolute atomic E-state index is 0.0723. The van der Waals surface area contributed by atoms with Crippen molar-refractivity contribution in [3.05, 3.63) is 23.8 Å². The SMILES string of the molecule is OCC(O)CN(Cc1cnc(CN(CC(O)CO)CC(O)CO)cn1)CC(O)CO. The second-order valence-electron chi connectivity index (χ2n) is 7.23. The van der Waals surface area contributed by atoms with Crippen molar-refractivity contribution in [2.75, 3.05) is 52.6 Å². The van der Waals surface area contributed by atoms with E-state index in [1.807, 2.05) is 0 Å². The maximum absolute atomic E-state index is 9.67. The van der Waals surface area contributed by atoms with Gasteiger partial charge in [-0.15, -0.1) is 0 Å². The second kappa shape index (κ2) is 14.6. The predicted molar refractivity (Wildman–Crippen MR) is 105 cm³/mol. The Morgan fingerprint density at radius 1 is 0.567 bits per heavy atom. The molecule has 0 saturated heterocycles. The van der Waals surface area contributed by atoms with Crippen LogP contribution < -0.4 is 0 Å². The van der Waals surface area contributed by atoms with Crippen LogP contribution in [0.2, 0.25) is 0 Å². The lowest BCUT2D eigenvalue weighted by Gasteiger charge is -2.26. The van der Waals surface area contributed by atoms with Crippen molar-refractivity contribution in [3.8, 4) is 0 Å². The first-order valence-corrected chi connectivity index (χ1v) is 9.71. The molecule has 1 aromatic heterocycles. The second-order valence-corrected chi connectivity index (χ2v) is 7.23. The van der Waals surface area contributed by atoms with E-state index in [0.717, 1.165) is 0 Å². The maximum Gasteiger partial charge on any atom is 0.0897 e. The first-order valence-electron chi connectivity index (χ1n) is 9.71. The maximum atomic E-state index is 9.67. The van der Waals surface area contributed by atoms with Gasteiger partial charge in [-0.2, -0.15) is 0 Å². The van der Waals surface area contributed by atoms with Crippen LogP contribution in [0.3, 0.4) is 0 Å². The molecule has 174 valence electrons. The van der Waals surface area contributed by atoms with Crippen molar-refractivity contribution in [2.24, 2.45) is 0 Å². The molecule has 0 fully saturated rings. The van der Waals surface area contributed by atoms with Gasteiger partial charge in [-0.1, -0.05) is 0 Å². The normalized spacial score (nSPS) is 16.1. The molecule has 0 radical (unpaired) electrons. The third-order valence-electron chi connectivity index (χ3n) is 4.25. The van der Waals surface area contributed by atoms with Crippen LogP contribution in [0.4, 0.5) is 0 Å². The monoisotopic (exact) mass is 434 g/mol. The van der Waals surface area contributed by atoms with E-state index in [-0.39, 0.29) is 39.3 Å². The number of hydrogen-bond acceptors (Lipinski definition) is 12. The standard InChI is InChI=1S/C18H34N4O8/c23-9-15(27)5-21(6-16(28)10-24)3-13-1-19-14(2-20-13)4-22(7-17(29)11-25)8-18(30)12-26/h1-2,15-18,23-30H,3-12H2. The third kappa shape index (κ3) is 10.6. The summed E-state index contributed by atoms with van der Waals surface area (Å²) in [5, 5.41) is 74.8. The smallest absolute Gasteiger partial charge is 0.0897 e. The van der Waals surface area contributed by atoms with Crippen molar-refractivity contribution in [1.29, 1.82) is 0 Å². The molecule has 0 aromatic carbocycles. The molecule has 1 heterocycles. The van der Waals surface area contributed by atoms with E-state index < -0.39 is 50.8 Å². The van der Waals surface area contributed by atoms with Crippen molar-refractivity contribution in [3.63, 3.8) is 0 Å². The van der Waals surface area contributed by atoms with Crippen LogP contribution >= 0.6 is 0 Å². The van der Waals surface area contributed by atoms with Crippen LogP contribution in [0.5, 0.6) is 0 Å². The number of nitrogens with zero attached hydrogens (tertiary/aromatic N) is 4. The highest BCUT2D eigenvalue weighted by Gasteiger charge is 2.18. The minimum atomic E-state index is -1.01. The minimum Gasteiger partial charge on any atom is -0.394 e. The van der Waals surface area contributed by atoms with Gasteiger partial charge in [-0.05, 0) is 0 Å². The van der Waals surface area contributed by atoms with E-state index >= 15 is 0 Å². The van der Waals surface area contributed by atoms with Crippen LogP contribution in [0.15, 0.2) is 12.4 Å². The summed E-state index contributed by atoms with van der Waals surface area (Å²) in [5.74, 6) is 0. The Balaban J connectivity index is 2.77. The van der Waals surface area contributed by atoms with Gasteiger partial charge in [0.1, 0.15) is 0 Å². The van der Waals surface area contributed by atoms with Gasteiger partial charge in [0, 0.05) is 39.3 Å². The van der Waals surface area contributed by atoms with Crippen molar-refractivity contribution in [2.45, 2.75) is 37.5 Å². The van der Waals surface area contributed by atoms with Gasteiger partial charge in [-0.25, -0.2) is 0 Å². The summed E-state index contributed by atoms with van der Waals surface area (Å²) in [6.45, 7) is -1.03. The predicted octanol–water partition coefficient (Wildman–Crippen LogP) is -4.51. The Morgan fingerprint density at radius 3 is 1.03 bits per heavy atom. The molecule has 0 bridgehead atoms. The van der Waals surface area contributed by atoms with Gasteiger partial charge >= 0.3 is 0 Å². The Bertz CT molecular complexity index is 495. The molecule has 0 amide bonds. The highest BCUT2D eigenvalue weighted by molar-refractivity contribution is 5.03. The summed E-state index contributed by atoms with van der Waals surface area (Å²) in [6, 6.07) is 0. The summed E-state index contributed by atoms with van der Waals surface area (Å²) in [7, 11) is 0. The van der Waals surface area contributed by atoms with E-state index in [4.69, 9.17) is 20.4 Å². The fourth-order valence-corrected chi connectivity index (χ4v) is 2.83. The van der Waals surface area contributed by atoms with Crippen LogP contribution in [0, 0.1) is 0 Å². The van der Waals surface area contributed by atoms with Gasteiger partial charge in [0.2, 0.25) is 0 Å². The molecular formula is C18H34N4O8. The summed E-state index contributed by atoms with van der Waals surface area (Å²) >= 11 is 0. The lowest BCUT2D eigenvalue weighted by atomic mass is 10.2. The fraction of sp³-hybridized carbons (Fsp3) is 0.778. The molecule has 1 rings (SSSR count). The summed E-state index contributed by atoms with van der Waals surface area (Å²) in [4.78, 5) is 11.9. The topological polar surface area (TPSA) is 194 Å². The molecule has 30 heavy (non-hydrogen) atoms. The molecule has 8 N–H and O–H groups in total. The Hall–Kier alpha value is -1.32. The number of hydrogen-bond donors (Lipinski definition) is 8. The summed E-state index contributed by atoms with van der Waals surface area (Å²) < 4.78 is 0. The molecule has 4 atom stereocenters. The highest BCUT2D eigenvalue weighted by Crippen LogP contribution is 2.07. The van der Waals surface area contributed by atoms with Gasteiger partial charge < -0.3 is 40.9 Å². The molecule has 0 aliphatic heterocycles. The van der Waals surface area contributed by atoms with E-state index in [1.165, 1.54) is 12.4 Å². The Morgan fingerprint density at radius 2 is 0.833 bits per heavy atom. The molecular weight excluding hydrogens is 400 g/mol. The fourth-order valence-electron chi connectivity index (χ4n) is 2.83. The lowest BCUT2D eigenvalue weighted by molar-refractivity contribution is 0.0193. The van der Waals surface area contributed by atoms with Crippen molar-refractivity contribution in [1.82, 2.24) is 19.8 Å². The van der Waals surface area contributed by atoms with E-state index in [9.17, 15) is 20.4 Å². The Labute approximate surface area is 175 Å². The van der Waals surface area contributed by atoms with Crippen LogP contribution in [-0.2, 0) is 13.1 Å². The molecule has 0 saturated carbocycles. The zero-order valence-corrected chi connectivity index (χ0v) is 16.9. The van der Waals surface area contributed by atoms with Gasteiger partial charge in [0.05, 0.1) is 74.6 Å². The van der Waals surface area contributed by atoms with Crippen LogP contribution in [0.1, 0.15) is 11.4 Å². The van der Waals surface area contributed by atoms with Crippen molar-refractivity contribution >= 4 is 0 Å². The molecule has 0 spiro atoms. The van der Waals surface area contributed by atoms with Crippen molar-refractivity contribution < 1.29 is 40.9 Å². The summed E-state index contributed by atoms with van der Waals surface area (Å²) in [6.07, 6.45) is -1.02. The van der Waals surface area contributed by atoms with E-state index in [1.54, 1.807) is 9.80 Å².